The molecule has 0 radical (unpaired) electrons. The smallest absolute Gasteiger partial charge is 0.269 e. The van der Waals surface area contributed by atoms with Crippen molar-refractivity contribution < 1.29 is 14.8 Å². The number of nitro groups is 1. The van der Waals surface area contributed by atoms with E-state index in [0.717, 1.165) is 11.1 Å². The van der Waals surface area contributed by atoms with E-state index in [0.29, 0.717) is 11.5 Å². The average molecular weight is 307 g/mol. The Morgan fingerprint density at radius 2 is 1.52 bits per heavy atom. The van der Waals surface area contributed by atoms with Gasteiger partial charge in [-0.05, 0) is 48.0 Å². The number of para-hydroxylation sites is 1. The lowest BCUT2D eigenvalue weighted by Crippen LogP contribution is -1.90. The molecule has 0 aliphatic heterocycles. The van der Waals surface area contributed by atoms with E-state index >= 15 is 0 Å². The molecular weight excluding hydrogens is 294 g/mol. The number of phenols is 1. The van der Waals surface area contributed by atoms with E-state index in [-0.39, 0.29) is 11.4 Å². The van der Waals surface area contributed by atoms with Gasteiger partial charge in [-0.25, -0.2) is 0 Å². The van der Waals surface area contributed by atoms with Crippen LogP contribution in [0.4, 0.5) is 5.69 Å². The van der Waals surface area contributed by atoms with Gasteiger partial charge in [-0.3, -0.25) is 10.1 Å². The molecule has 3 aromatic carbocycles. The summed E-state index contributed by atoms with van der Waals surface area (Å²) in [4.78, 5) is 10.3. The summed E-state index contributed by atoms with van der Waals surface area (Å²) < 4.78 is 5.85. The summed E-state index contributed by atoms with van der Waals surface area (Å²) in [5.74, 6) is 1.39. The van der Waals surface area contributed by atoms with E-state index in [1.807, 2.05) is 24.3 Å². The van der Waals surface area contributed by atoms with Crippen molar-refractivity contribution in [2.45, 2.75) is 0 Å². The quantitative estimate of drug-likeness (QED) is 0.557. The first-order valence-corrected chi connectivity index (χ1v) is 6.94. The minimum Gasteiger partial charge on any atom is -0.508 e. The lowest BCUT2D eigenvalue weighted by molar-refractivity contribution is -0.384. The summed E-state index contributed by atoms with van der Waals surface area (Å²) in [5, 5.41) is 20.1. The first-order chi connectivity index (χ1) is 11.1. The molecule has 5 heteroatoms. The zero-order valence-electron chi connectivity index (χ0n) is 12.0. The van der Waals surface area contributed by atoms with Crippen molar-refractivity contribution in [3.8, 4) is 28.4 Å². The normalized spacial score (nSPS) is 10.3. The fraction of sp³-hybridized carbons (Fsp3) is 0. The molecule has 0 unspecified atom stereocenters. The third-order valence-corrected chi connectivity index (χ3v) is 3.34. The number of nitrogens with zero attached hydrogens (tertiary/aromatic N) is 1. The first-order valence-electron chi connectivity index (χ1n) is 6.94. The zero-order valence-corrected chi connectivity index (χ0v) is 12.0. The molecule has 0 heterocycles. The van der Waals surface area contributed by atoms with Gasteiger partial charge in [0.05, 0.1) is 4.92 Å². The molecule has 3 aromatic rings. The van der Waals surface area contributed by atoms with E-state index in [9.17, 15) is 15.2 Å². The Morgan fingerprint density at radius 1 is 0.870 bits per heavy atom. The van der Waals surface area contributed by atoms with Crippen LogP contribution in [0.1, 0.15) is 0 Å². The van der Waals surface area contributed by atoms with Crippen molar-refractivity contribution in [3.05, 3.63) is 82.9 Å². The SMILES string of the molecule is O=[N+]([O-])c1ccc(-c2ccccc2Oc2ccc(O)cc2)cc1. The highest BCUT2D eigenvalue weighted by atomic mass is 16.6. The van der Waals surface area contributed by atoms with Crippen LogP contribution in [0, 0.1) is 10.1 Å². The molecule has 0 atom stereocenters. The van der Waals surface area contributed by atoms with Crippen molar-refractivity contribution >= 4 is 5.69 Å². The van der Waals surface area contributed by atoms with Gasteiger partial charge in [0.1, 0.15) is 17.2 Å². The maximum Gasteiger partial charge on any atom is 0.269 e. The van der Waals surface area contributed by atoms with Crippen LogP contribution in [0.2, 0.25) is 0 Å². The monoisotopic (exact) mass is 307 g/mol. The van der Waals surface area contributed by atoms with E-state index in [1.165, 1.54) is 12.1 Å². The number of non-ortho nitro benzene ring substituents is 1. The molecular formula is C18H13NO4. The molecule has 1 N–H and O–H groups in total. The predicted molar refractivity (Wildman–Crippen MR) is 86.7 cm³/mol. The van der Waals surface area contributed by atoms with E-state index in [2.05, 4.69) is 0 Å². The van der Waals surface area contributed by atoms with Gasteiger partial charge in [0.2, 0.25) is 0 Å². The second kappa shape index (κ2) is 6.19. The molecule has 0 amide bonds. The predicted octanol–water partition coefficient (Wildman–Crippen LogP) is 4.76. The highest BCUT2D eigenvalue weighted by molar-refractivity contribution is 5.71. The molecule has 0 aliphatic rings. The van der Waals surface area contributed by atoms with Crippen LogP contribution >= 0.6 is 0 Å². The summed E-state index contributed by atoms with van der Waals surface area (Å²) in [6.45, 7) is 0. The highest BCUT2D eigenvalue weighted by Crippen LogP contribution is 2.34. The third-order valence-electron chi connectivity index (χ3n) is 3.34. The average Bonchev–Trinajstić information content (AvgIpc) is 2.57. The standard InChI is InChI=1S/C18H13NO4/c20-15-9-11-16(12-10-15)23-18-4-2-1-3-17(18)13-5-7-14(8-6-13)19(21)22/h1-12,20H. The number of phenolic OH excluding ortho intramolecular Hbond substituents is 1. The van der Waals surface area contributed by atoms with Crippen LogP contribution < -0.4 is 4.74 Å². The number of aromatic hydroxyl groups is 1. The van der Waals surface area contributed by atoms with Crippen molar-refractivity contribution in [1.29, 1.82) is 0 Å². The van der Waals surface area contributed by atoms with Gasteiger partial charge in [-0.1, -0.05) is 18.2 Å². The van der Waals surface area contributed by atoms with Crippen molar-refractivity contribution in [2.75, 3.05) is 0 Å². The number of rotatable bonds is 4. The van der Waals surface area contributed by atoms with E-state index in [4.69, 9.17) is 4.74 Å². The summed E-state index contributed by atoms with van der Waals surface area (Å²) in [5.41, 5.74) is 1.70. The molecule has 0 aromatic heterocycles. The Morgan fingerprint density at radius 3 is 2.17 bits per heavy atom. The molecule has 114 valence electrons. The molecule has 0 spiro atoms. The summed E-state index contributed by atoms with van der Waals surface area (Å²) in [6, 6.07) is 20.2. The van der Waals surface area contributed by atoms with Crippen LogP contribution in [0.25, 0.3) is 11.1 Å². The van der Waals surface area contributed by atoms with Crippen LogP contribution in [0.3, 0.4) is 0 Å². The lowest BCUT2D eigenvalue weighted by atomic mass is 10.0. The van der Waals surface area contributed by atoms with Gasteiger partial charge >= 0.3 is 0 Å². The molecule has 0 saturated carbocycles. The molecule has 0 bridgehead atoms. The first kappa shape index (κ1) is 14.6. The van der Waals surface area contributed by atoms with E-state index in [1.54, 1.807) is 36.4 Å². The Balaban J connectivity index is 1.94. The van der Waals surface area contributed by atoms with Crippen LogP contribution in [0.15, 0.2) is 72.8 Å². The Hall–Kier alpha value is -3.34. The summed E-state index contributed by atoms with van der Waals surface area (Å²) in [6.07, 6.45) is 0. The number of benzene rings is 3. The maximum atomic E-state index is 10.7. The van der Waals surface area contributed by atoms with Gasteiger partial charge in [0, 0.05) is 17.7 Å². The highest BCUT2D eigenvalue weighted by Gasteiger charge is 2.09. The fourth-order valence-electron chi connectivity index (χ4n) is 2.20. The Bertz CT molecular complexity index is 826. The van der Waals surface area contributed by atoms with Crippen molar-refractivity contribution in [2.24, 2.45) is 0 Å². The second-order valence-electron chi connectivity index (χ2n) is 4.90. The zero-order chi connectivity index (χ0) is 16.2. The van der Waals surface area contributed by atoms with Gasteiger partial charge in [0.25, 0.3) is 5.69 Å². The molecule has 5 nitrogen and oxygen atoms in total. The topological polar surface area (TPSA) is 72.6 Å². The lowest BCUT2D eigenvalue weighted by Gasteiger charge is -2.11. The van der Waals surface area contributed by atoms with Crippen LogP contribution in [0.5, 0.6) is 17.2 Å². The minimum absolute atomic E-state index is 0.0469. The number of nitro benzene ring substituents is 1. The largest absolute Gasteiger partial charge is 0.508 e. The van der Waals surface area contributed by atoms with Gasteiger partial charge in [-0.15, -0.1) is 0 Å². The molecule has 3 rings (SSSR count). The second-order valence-corrected chi connectivity index (χ2v) is 4.90. The number of hydrogen-bond donors (Lipinski definition) is 1. The Labute approximate surface area is 132 Å². The third kappa shape index (κ3) is 3.29. The summed E-state index contributed by atoms with van der Waals surface area (Å²) in [7, 11) is 0. The van der Waals surface area contributed by atoms with E-state index < -0.39 is 4.92 Å². The van der Waals surface area contributed by atoms with Crippen molar-refractivity contribution in [3.63, 3.8) is 0 Å². The molecule has 0 aliphatic carbocycles. The van der Waals surface area contributed by atoms with Crippen LogP contribution in [-0.4, -0.2) is 10.0 Å². The van der Waals surface area contributed by atoms with Crippen LogP contribution in [-0.2, 0) is 0 Å². The molecule has 0 fully saturated rings. The van der Waals surface area contributed by atoms with Gasteiger partial charge in [-0.2, -0.15) is 0 Å². The Kier molecular flexibility index (Phi) is 3.93. The minimum atomic E-state index is -0.428. The van der Waals surface area contributed by atoms with Gasteiger partial charge in [0.15, 0.2) is 0 Å². The van der Waals surface area contributed by atoms with Gasteiger partial charge < -0.3 is 9.84 Å². The molecule has 23 heavy (non-hydrogen) atoms. The maximum absolute atomic E-state index is 10.7. The molecule has 0 saturated heterocycles. The number of hydrogen-bond acceptors (Lipinski definition) is 4. The number of ether oxygens (including phenoxy) is 1. The summed E-state index contributed by atoms with van der Waals surface area (Å²) >= 11 is 0. The van der Waals surface area contributed by atoms with Crippen molar-refractivity contribution in [1.82, 2.24) is 0 Å². The fourth-order valence-corrected chi connectivity index (χ4v) is 2.20.